The van der Waals surface area contributed by atoms with Gasteiger partial charge in [0, 0.05) is 6.42 Å². The lowest BCUT2D eigenvalue weighted by Gasteiger charge is -1.92. The molecular weight excluding hydrogens is 149 g/mol. The van der Waals surface area contributed by atoms with Crippen LogP contribution in [0.4, 0.5) is 13.2 Å². The zero-order valence-corrected chi connectivity index (χ0v) is 5.60. The minimum atomic E-state index is -1.36. The standard InChI is InChI=1S/C5H7F3S/c6-3-5(8)4(7)1-2-9/h9H,1-3H2/b5-4-. The Hall–Kier alpha value is -0.120. The lowest BCUT2D eigenvalue weighted by atomic mass is 10.4. The van der Waals surface area contributed by atoms with Gasteiger partial charge in [0.15, 0.2) is 5.83 Å². The van der Waals surface area contributed by atoms with Crippen molar-refractivity contribution >= 4 is 12.6 Å². The number of hydrogen-bond acceptors (Lipinski definition) is 1. The van der Waals surface area contributed by atoms with Gasteiger partial charge in [-0.05, 0) is 5.75 Å². The number of thiol groups is 1. The van der Waals surface area contributed by atoms with Gasteiger partial charge in [-0.2, -0.15) is 12.6 Å². The topological polar surface area (TPSA) is 0 Å². The summed E-state index contributed by atoms with van der Waals surface area (Å²) >= 11 is 3.63. The molecule has 0 unspecified atom stereocenters. The second-order valence-electron chi connectivity index (χ2n) is 1.42. The summed E-state index contributed by atoms with van der Waals surface area (Å²) in [4.78, 5) is 0. The first-order valence-electron chi connectivity index (χ1n) is 2.42. The van der Waals surface area contributed by atoms with Gasteiger partial charge in [-0.3, -0.25) is 0 Å². The zero-order valence-electron chi connectivity index (χ0n) is 4.70. The average Bonchev–Trinajstić information content (AvgIpc) is 1.87. The highest BCUT2D eigenvalue weighted by atomic mass is 32.1. The summed E-state index contributed by atoms with van der Waals surface area (Å²) in [5.41, 5.74) is 0. The van der Waals surface area contributed by atoms with Gasteiger partial charge in [0.2, 0.25) is 0 Å². The van der Waals surface area contributed by atoms with Crippen LogP contribution in [0.1, 0.15) is 6.42 Å². The van der Waals surface area contributed by atoms with E-state index < -0.39 is 18.3 Å². The van der Waals surface area contributed by atoms with Crippen LogP contribution in [0.25, 0.3) is 0 Å². The fourth-order valence-electron chi connectivity index (χ4n) is 0.306. The van der Waals surface area contributed by atoms with Crippen LogP contribution in [-0.4, -0.2) is 12.4 Å². The average molecular weight is 156 g/mol. The molecule has 0 rings (SSSR count). The van der Waals surface area contributed by atoms with Gasteiger partial charge in [-0.1, -0.05) is 0 Å². The van der Waals surface area contributed by atoms with Crippen LogP contribution in [0.15, 0.2) is 11.7 Å². The predicted molar refractivity (Wildman–Crippen MR) is 33.7 cm³/mol. The van der Waals surface area contributed by atoms with Crippen LogP contribution in [0.3, 0.4) is 0 Å². The van der Waals surface area contributed by atoms with Crippen molar-refractivity contribution in [3.63, 3.8) is 0 Å². The first-order chi connectivity index (χ1) is 4.22. The summed E-state index contributed by atoms with van der Waals surface area (Å²) in [7, 11) is 0. The third kappa shape index (κ3) is 3.46. The summed E-state index contributed by atoms with van der Waals surface area (Å²) in [6, 6.07) is 0. The van der Waals surface area contributed by atoms with Crippen molar-refractivity contribution in [3.8, 4) is 0 Å². The molecular formula is C5H7F3S. The number of allylic oxidation sites excluding steroid dienone is 2. The molecule has 0 aromatic heterocycles. The molecule has 54 valence electrons. The fourth-order valence-corrected chi connectivity index (χ4v) is 0.503. The van der Waals surface area contributed by atoms with Gasteiger partial charge in [-0.15, -0.1) is 0 Å². The van der Waals surface area contributed by atoms with Crippen LogP contribution in [-0.2, 0) is 0 Å². The van der Waals surface area contributed by atoms with Crippen molar-refractivity contribution in [2.45, 2.75) is 6.42 Å². The third-order valence-electron chi connectivity index (χ3n) is 0.743. The molecule has 0 saturated heterocycles. The highest BCUT2D eigenvalue weighted by Gasteiger charge is 2.02. The number of hydrogen-bond donors (Lipinski definition) is 1. The van der Waals surface area contributed by atoms with E-state index in [1.807, 2.05) is 0 Å². The molecule has 0 saturated carbocycles. The number of alkyl halides is 1. The van der Waals surface area contributed by atoms with E-state index in [4.69, 9.17) is 0 Å². The van der Waals surface area contributed by atoms with E-state index in [1.54, 1.807) is 0 Å². The molecule has 0 spiro atoms. The first-order valence-corrected chi connectivity index (χ1v) is 3.05. The highest BCUT2D eigenvalue weighted by molar-refractivity contribution is 7.80. The second kappa shape index (κ2) is 4.73. The molecule has 0 atom stereocenters. The zero-order chi connectivity index (χ0) is 7.28. The van der Waals surface area contributed by atoms with Crippen LogP contribution >= 0.6 is 12.6 Å². The fraction of sp³-hybridized carbons (Fsp3) is 0.600. The Bertz CT molecular complexity index is 111. The molecule has 0 aromatic carbocycles. The van der Waals surface area contributed by atoms with Crippen molar-refractivity contribution in [1.82, 2.24) is 0 Å². The maximum absolute atomic E-state index is 12.0. The molecule has 0 nitrogen and oxygen atoms in total. The molecule has 9 heavy (non-hydrogen) atoms. The predicted octanol–water partition coefficient (Wildman–Crippen LogP) is 2.43. The normalized spacial score (nSPS) is 13.3. The SMILES string of the molecule is FC/C(F)=C(/F)CCS. The lowest BCUT2D eigenvalue weighted by molar-refractivity contribution is 0.422. The highest BCUT2D eigenvalue weighted by Crippen LogP contribution is 2.12. The molecule has 0 aliphatic heterocycles. The van der Waals surface area contributed by atoms with Crippen LogP contribution in [0.5, 0.6) is 0 Å². The van der Waals surface area contributed by atoms with E-state index in [0.29, 0.717) is 0 Å². The summed E-state index contributed by atoms with van der Waals surface area (Å²) in [5, 5.41) is 0. The summed E-state index contributed by atoms with van der Waals surface area (Å²) in [6.07, 6.45) is -0.140. The maximum atomic E-state index is 12.0. The van der Waals surface area contributed by atoms with Crippen LogP contribution in [0, 0.1) is 0 Å². The lowest BCUT2D eigenvalue weighted by Crippen LogP contribution is -1.84. The minimum absolute atomic E-state index is 0.140. The maximum Gasteiger partial charge on any atom is 0.162 e. The molecule has 0 aromatic rings. The van der Waals surface area contributed by atoms with Crippen molar-refractivity contribution in [2.75, 3.05) is 12.4 Å². The van der Waals surface area contributed by atoms with E-state index in [0.717, 1.165) is 0 Å². The molecule has 0 N–H and O–H groups in total. The number of rotatable bonds is 3. The Labute approximate surface area is 57.2 Å². The summed E-state index contributed by atoms with van der Waals surface area (Å²) in [6.45, 7) is -1.36. The largest absolute Gasteiger partial charge is 0.243 e. The van der Waals surface area contributed by atoms with Crippen LogP contribution in [0.2, 0.25) is 0 Å². The summed E-state index contributed by atoms with van der Waals surface area (Å²) < 4.78 is 35.1. The Morgan fingerprint density at radius 3 is 2.11 bits per heavy atom. The first kappa shape index (κ1) is 8.88. The van der Waals surface area contributed by atoms with E-state index >= 15 is 0 Å². The van der Waals surface area contributed by atoms with Gasteiger partial charge in [-0.25, -0.2) is 13.2 Å². The third-order valence-corrected chi connectivity index (χ3v) is 0.967. The Balaban J connectivity index is 3.78. The summed E-state index contributed by atoms with van der Waals surface area (Å²) in [5.74, 6) is -2.16. The van der Waals surface area contributed by atoms with E-state index in [1.165, 1.54) is 0 Å². The van der Waals surface area contributed by atoms with Gasteiger partial charge in [0.1, 0.15) is 12.5 Å². The van der Waals surface area contributed by atoms with Gasteiger partial charge in [0.05, 0.1) is 0 Å². The quantitative estimate of drug-likeness (QED) is 0.596. The Kier molecular flexibility index (Phi) is 4.67. The van der Waals surface area contributed by atoms with Gasteiger partial charge < -0.3 is 0 Å². The number of halogens is 3. The molecule has 0 aliphatic rings. The molecule has 0 amide bonds. The van der Waals surface area contributed by atoms with Crippen molar-refractivity contribution in [3.05, 3.63) is 11.7 Å². The van der Waals surface area contributed by atoms with Crippen molar-refractivity contribution < 1.29 is 13.2 Å². The van der Waals surface area contributed by atoms with Gasteiger partial charge >= 0.3 is 0 Å². The molecule has 0 fully saturated rings. The second-order valence-corrected chi connectivity index (χ2v) is 1.86. The van der Waals surface area contributed by atoms with Crippen molar-refractivity contribution in [2.24, 2.45) is 0 Å². The smallest absolute Gasteiger partial charge is 0.162 e. The van der Waals surface area contributed by atoms with Crippen LogP contribution < -0.4 is 0 Å². The Morgan fingerprint density at radius 2 is 1.78 bits per heavy atom. The molecule has 0 aliphatic carbocycles. The molecule has 0 bridgehead atoms. The molecule has 0 heterocycles. The van der Waals surface area contributed by atoms with E-state index in [9.17, 15) is 13.2 Å². The monoisotopic (exact) mass is 156 g/mol. The molecule has 4 heteroatoms. The Morgan fingerprint density at radius 1 is 1.22 bits per heavy atom. The molecule has 0 radical (unpaired) electrons. The van der Waals surface area contributed by atoms with Gasteiger partial charge in [0.25, 0.3) is 0 Å². The van der Waals surface area contributed by atoms with E-state index in [-0.39, 0.29) is 12.2 Å². The van der Waals surface area contributed by atoms with Crippen molar-refractivity contribution in [1.29, 1.82) is 0 Å². The van der Waals surface area contributed by atoms with E-state index in [2.05, 4.69) is 12.6 Å². The minimum Gasteiger partial charge on any atom is -0.243 e.